The van der Waals surface area contributed by atoms with Crippen LogP contribution in [0.15, 0.2) is 42.5 Å². The van der Waals surface area contributed by atoms with Gasteiger partial charge in [0.1, 0.15) is 5.75 Å². The van der Waals surface area contributed by atoms with E-state index in [1.165, 1.54) is 11.1 Å². The lowest BCUT2D eigenvalue weighted by Crippen LogP contribution is -2.38. The SMILES string of the molecule is COc1ccc(NC(=O)C(C)NCc2ccccc2CN2CCOCC2)cc1Cl. The fraction of sp³-hybridized carbons (Fsp3) is 0.409. The van der Waals surface area contributed by atoms with Crippen LogP contribution in [-0.2, 0) is 22.6 Å². The number of rotatable bonds is 8. The van der Waals surface area contributed by atoms with Gasteiger partial charge in [-0.15, -0.1) is 0 Å². The molecule has 3 rings (SSSR count). The van der Waals surface area contributed by atoms with E-state index in [0.29, 0.717) is 23.0 Å². The molecular formula is C22H28ClN3O3. The summed E-state index contributed by atoms with van der Waals surface area (Å²) in [6.45, 7) is 6.84. The molecular weight excluding hydrogens is 390 g/mol. The number of nitrogens with one attached hydrogen (secondary N) is 2. The predicted octanol–water partition coefficient (Wildman–Crippen LogP) is 3.30. The first-order chi connectivity index (χ1) is 14.1. The zero-order valence-electron chi connectivity index (χ0n) is 16.9. The predicted molar refractivity (Wildman–Crippen MR) is 115 cm³/mol. The average molecular weight is 418 g/mol. The fourth-order valence-electron chi connectivity index (χ4n) is 3.23. The second kappa shape index (κ2) is 10.6. The van der Waals surface area contributed by atoms with Crippen LogP contribution in [0.25, 0.3) is 0 Å². The minimum absolute atomic E-state index is 0.114. The third-order valence-corrected chi connectivity index (χ3v) is 5.32. The number of hydrogen-bond donors (Lipinski definition) is 2. The molecule has 1 heterocycles. The number of ether oxygens (including phenoxy) is 2. The van der Waals surface area contributed by atoms with Crippen LogP contribution in [0.1, 0.15) is 18.1 Å². The summed E-state index contributed by atoms with van der Waals surface area (Å²) in [4.78, 5) is 14.9. The molecule has 6 nitrogen and oxygen atoms in total. The van der Waals surface area contributed by atoms with Crippen molar-refractivity contribution in [2.24, 2.45) is 0 Å². The quantitative estimate of drug-likeness (QED) is 0.690. The Morgan fingerprint density at radius 1 is 1.21 bits per heavy atom. The minimum atomic E-state index is -0.354. The molecule has 0 radical (unpaired) electrons. The highest BCUT2D eigenvalue weighted by molar-refractivity contribution is 6.32. The summed E-state index contributed by atoms with van der Waals surface area (Å²) in [5.41, 5.74) is 3.12. The number of morpholine rings is 1. The standard InChI is InChI=1S/C22H28ClN3O3/c1-16(22(27)25-19-7-8-21(28-2)20(23)13-19)24-14-17-5-3-4-6-18(17)15-26-9-11-29-12-10-26/h3-8,13,16,24H,9-12,14-15H2,1-2H3,(H,25,27). The monoisotopic (exact) mass is 417 g/mol. The van der Waals surface area contributed by atoms with Crippen LogP contribution in [-0.4, -0.2) is 50.3 Å². The van der Waals surface area contributed by atoms with Crippen molar-refractivity contribution in [3.63, 3.8) is 0 Å². The molecule has 0 spiro atoms. The molecule has 0 bridgehead atoms. The third-order valence-electron chi connectivity index (χ3n) is 5.03. The maximum atomic E-state index is 12.5. The van der Waals surface area contributed by atoms with Gasteiger partial charge >= 0.3 is 0 Å². The molecule has 156 valence electrons. The van der Waals surface area contributed by atoms with Crippen molar-refractivity contribution in [1.29, 1.82) is 0 Å². The van der Waals surface area contributed by atoms with Gasteiger partial charge in [-0.05, 0) is 36.2 Å². The summed E-state index contributed by atoms with van der Waals surface area (Å²) in [5.74, 6) is 0.463. The van der Waals surface area contributed by atoms with Crippen LogP contribution >= 0.6 is 11.6 Å². The number of amides is 1. The van der Waals surface area contributed by atoms with Gasteiger partial charge in [-0.3, -0.25) is 9.69 Å². The summed E-state index contributed by atoms with van der Waals surface area (Å²) in [6.07, 6.45) is 0. The third kappa shape index (κ3) is 6.18. The van der Waals surface area contributed by atoms with E-state index in [0.717, 1.165) is 32.8 Å². The molecule has 7 heteroatoms. The molecule has 29 heavy (non-hydrogen) atoms. The largest absolute Gasteiger partial charge is 0.495 e. The van der Waals surface area contributed by atoms with E-state index < -0.39 is 0 Å². The zero-order chi connectivity index (χ0) is 20.6. The Morgan fingerprint density at radius 2 is 1.93 bits per heavy atom. The van der Waals surface area contributed by atoms with Gasteiger partial charge in [0.15, 0.2) is 0 Å². The number of carbonyl (C=O) groups excluding carboxylic acids is 1. The molecule has 1 amide bonds. The first-order valence-corrected chi connectivity index (χ1v) is 10.2. The van der Waals surface area contributed by atoms with E-state index in [4.69, 9.17) is 21.1 Å². The van der Waals surface area contributed by atoms with Gasteiger partial charge in [0.05, 0.1) is 31.4 Å². The van der Waals surface area contributed by atoms with E-state index in [1.54, 1.807) is 25.3 Å². The molecule has 0 saturated carbocycles. The summed E-state index contributed by atoms with van der Waals surface area (Å²) in [6, 6.07) is 13.2. The Labute approximate surface area is 177 Å². The van der Waals surface area contributed by atoms with Gasteiger partial charge in [0, 0.05) is 31.9 Å². The summed E-state index contributed by atoms with van der Waals surface area (Å²) in [7, 11) is 1.56. The van der Waals surface area contributed by atoms with Crippen LogP contribution in [0.3, 0.4) is 0 Å². The number of nitrogens with zero attached hydrogens (tertiary/aromatic N) is 1. The molecule has 0 aliphatic carbocycles. The molecule has 1 aliphatic heterocycles. The number of benzene rings is 2. The Morgan fingerprint density at radius 3 is 2.62 bits per heavy atom. The lowest BCUT2D eigenvalue weighted by molar-refractivity contribution is -0.117. The minimum Gasteiger partial charge on any atom is -0.495 e. The summed E-state index contributed by atoms with van der Waals surface area (Å²) >= 11 is 6.13. The topological polar surface area (TPSA) is 62.8 Å². The highest BCUT2D eigenvalue weighted by Gasteiger charge is 2.16. The number of anilines is 1. The highest BCUT2D eigenvalue weighted by Crippen LogP contribution is 2.27. The van der Waals surface area contributed by atoms with Crippen LogP contribution in [0.5, 0.6) is 5.75 Å². The number of carbonyl (C=O) groups is 1. The molecule has 2 aromatic rings. The maximum Gasteiger partial charge on any atom is 0.241 e. The van der Waals surface area contributed by atoms with E-state index in [1.807, 2.05) is 13.0 Å². The molecule has 1 saturated heterocycles. The molecule has 0 aromatic heterocycles. The lowest BCUT2D eigenvalue weighted by atomic mass is 10.1. The number of methoxy groups -OCH3 is 1. The Kier molecular flexibility index (Phi) is 7.89. The molecule has 1 fully saturated rings. The second-order valence-corrected chi connectivity index (χ2v) is 7.51. The molecule has 1 atom stereocenters. The zero-order valence-corrected chi connectivity index (χ0v) is 17.7. The van der Waals surface area contributed by atoms with Crippen molar-refractivity contribution in [2.45, 2.75) is 26.1 Å². The first-order valence-electron chi connectivity index (χ1n) is 9.81. The first kappa shape index (κ1) is 21.6. The van der Waals surface area contributed by atoms with E-state index in [-0.39, 0.29) is 11.9 Å². The van der Waals surface area contributed by atoms with Crippen molar-refractivity contribution in [2.75, 3.05) is 38.7 Å². The van der Waals surface area contributed by atoms with Crippen molar-refractivity contribution in [1.82, 2.24) is 10.2 Å². The van der Waals surface area contributed by atoms with Crippen molar-refractivity contribution in [3.8, 4) is 5.75 Å². The molecule has 2 aromatic carbocycles. The average Bonchev–Trinajstić information content (AvgIpc) is 2.74. The van der Waals surface area contributed by atoms with Crippen LogP contribution in [0.2, 0.25) is 5.02 Å². The van der Waals surface area contributed by atoms with E-state index in [2.05, 4.69) is 33.7 Å². The lowest BCUT2D eigenvalue weighted by Gasteiger charge is -2.27. The van der Waals surface area contributed by atoms with Gasteiger partial charge in [0.2, 0.25) is 5.91 Å². The van der Waals surface area contributed by atoms with Crippen molar-refractivity contribution < 1.29 is 14.3 Å². The van der Waals surface area contributed by atoms with Crippen molar-refractivity contribution in [3.05, 3.63) is 58.6 Å². The second-order valence-electron chi connectivity index (χ2n) is 7.10. The van der Waals surface area contributed by atoms with E-state index in [9.17, 15) is 4.79 Å². The smallest absolute Gasteiger partial charge is 0.241 e. The summed E-state index contributed by atoms with van der Waals surface area (Å²) < 4.78 is 10.6. The Bertz CT molecular complexity index is 825. The normalized spacial score (nSPS) is 15.7. The van der Waals surface area contributed by atoms with Crippen molar-refractivity contribution >= 4 is 23.2 Å². The molecule has 1 unspecified atom stereocenters. The van der Waals surface area contributed by atoms with Crippen LogP contribution < -0.4 is 15.4 Å². The molecule has 1 aliphatic rings. The van der Waals surface area contributed by atoms with Gasteiger partial charge in [-0.25, -0.2) is 0 Å². The summed E-state index contributed by atoms with van der Waals surface area (Å²) in [5, 5.41) is 6.67. The van der Waals surface area contributed by atoms with Gasteiger partial charge in [-0.2, -0.15) is 0 Å². The molecule has 2 N–H and O–H groups in total. The maximum absolute atomic E-state index is 12.5. The fourth-order valence-corrected chi connectivity index (χ4v) is 3.49. The Balaban J connectivity index is 1.55. The Hall–Kier alpha value is -2.12. The van der Waals surface area contributed by atoms with E-state index >= 15 is 0 Å². The van der Waals surface area contributed by atoms with Crippen LogP contribution in [0, 0.1) is 0 Å². The number of halogens is 1. The van der Waals surface area contributed by atoms with Crippen LogP contribution in [0.4, 0.5) is 5.69 Å². The number of hydrogen-bond acceptors (Lipinski definition) is 5. The van der Waals surface area contributed by atoms with Gasteiger partial charge in [-0.1, -0.05) is 35.9 Å². The van der Waals surface area contributed by atoms with Gasteiger partial charge < -0.3 is 20.1 Å². The van der Waals surface area contributed by atoms with Gasteiger partial charge in [0.25, 0.3) is 0 Å². The highest BCUT2D eigenvalue weighted by atomic mass is 35.5.